The van der Waals surface area contributed by atoms with Crippen molar-refractivity contribution in [1.82, 2.24) is 4.98 Å². The van der Waals surface area contributed by atoms with Crippen molar-refractivity contribution in [1.29, 1.82) is 0 Å². The zero-order valence-corrected chi connectivity index (χ0v) is 8.52. The average molecular weight is 231 g/mol. The lowest BCUT2D eigenvalue weighted by atomic mass is 10.2. The van der Waals surface area contributed by atoms with Gasteiger partial charge >= 0.3 is 11.8 Å². The van der Waals surface area contributed by atoms with Gasteiger partial charge in [0, 0.05) is 6.07 Å². The lowest BCUT2D eigenvalue weighted by Gasteiger charge is -2.00. The molecule has 0 aliphatic rings. The molecule has 15 heavy (non-hydrogen) atoms. The molecule has 7 heteroatoms. The lowest BCUT2D eigenvalue weighted by molar-refractivity contribution is -0.389. The van der Waals surface area contributed by atoms with Crippen molar-refractivity contribution in [2.24, 2.45) is 0 Å². The van der Waals surface area contributed by atoms with Crippen molar-refractivity contribution in [3.63, 3.8) is 0 Å². The van der Waals surface area contributed by atoms with Crippen molar-refractivity contribution < 1.29 is 14.5 Å². The van der Waals surface area contributed by atoms with Crippen molar-refractivity contribution in [3.8, 4) is 0 Å². The van der Waals surface area contributed by atoms with Gasteiger partial charge in [0.05, 0.1) is 18.2 Å². The van der Waals surface area contributed by atoms with E-state index in [2.05, 4.69) is 9.72 Å². The Morgan fingerprint density at radius 2 is 2.33 bits per heavy atom. The van der Waals surface area contributed by atoms with E-state index in [4.69, 9.17) is 11.6 Å². The van der Waals surface area contributed by atoms with Crippen LogP contribution in [-0.2, 0) is 4.74 Å². The van der Waals surface area contributed by atoms with Gasteiger partial charge < -0.3 is 14.9 Å². The number of hydrogen-bond donors (Lipinski definition) is 0. The molecule has 0 unspecified atom stereocenters. The first-order chi connectivity index (χ1) is 7.04. The van der Waals surface area contributed by atoms with Crippen LogP contribution in [0.3, 0.4) is 0 Å². The van der Waals surface area contributed by atoms with Crippen LogP contribution in [-0.4, -0.2) is 22.5 Å². The number of nitro groups is 1. The second-order valence-corrected chi connectivity index (χ2v) is 2.90. The number of aromatic nitrogens is 1. The van der Waals surface area contributed by atoms with E-state index in [0.717, 1.165) is 6.07 Å². The molecule has 0 saturated carbocycles. The van der Waals surface area contributed by atoms with E-state index in [0.29, 0.717) is 0 Å². The van der Waals surface area contributed by atoms with Gasteiger partial charge in [0.25, 0.3) is 0 Å². The fourth-order valence-electron chi connectivity index (χ4n) is 0.909. The molecule has 0 aliphatic heterocycles. The number of nitrogens with zero attached hydrogens (tertiary/aromatic N) is 2. The molecule has 1 rings (SSSR count). The van der Waals surface area contributed by atoms with Gasteiger partial charge in [-0.15, -0.1) is 0 Å². The number of halogens is 1. The Morgan fingerprint density at radius 1 is 1.67 bits per heavy atom. The molecule has 0 aromatic carbocycles. The maximum Gasteiger partial charge on any atom is 0.365 e. The highest BCUT2D eigenvalue weighted by Crippen LogP contribution is 2.16. The fraction of sp³-hybridized carbons (Fsp3) is 0.250. The Kier molecular flexibility index (Phi) is 3.56. The molecule has 0 N–H and O–H groups in total. The topological polar surface area (TPSA) is 82.3 Å². The third-order valence-electron chi connectivity index (χ3n) is 1.48. The summed E-state index contributed by atoms with van der Waals surface area (Å²) < 4.78 is 4.67. The summed E-state index contributed by atoms with van der Waals surface area (Å²) in [4.78, 5) is 24.4. The van der Waals surface area contributed by atoms with E-state index < -0.39 is 16.7 Å². The highest BCUT2D eigenvalue weighted by atomic mass is 35.5. The first kappa shape index (κ1) is 11.4. The van der Waals surface area contributed by atoms with Crippen molar-refractivity contribution in [2.45, 2.75) is 6.92 Å². The van der Waals surface area contributed by atoms with Crippen LogP contribution in [0.25, 0.3) is 0 Å². The standard InChI is InChI=1S/C8H7ClN2O4/c1-2-15-8(12)5-3-6(9)10-7(4-5)11(13)14/h3-4H,2H2,1H3. The van der Waals surface area contributed by atoms with Crippen LogP contribution in [0.2, 0.25) is 5.15 Å². The van der Waals surface area contributed by atoms with Crippen LogP contribution < -0.4 is 0 Å². The third kappa shape index (κ3) is 2.88. The summed E-state index contributed by atoms with van der Waals surface area (Å²) in [5.41, 5.74) is 0.0172. The minimum Gasteiger partial charge on any atom is -0.462 e. The summed E-state index contributed by atoms with van der Waals surface area (Å²) in [6, 6.07) is 2.23. The summed E-state index contributed by atoms with van der Waals surface area (Å²) in [7, 11) is 0. The molecule has 0 amide bonds. The van der Waals surface area contributed by atoms with E-state index in [-0.39, 0.29) is 17.3 Å². The molecule has 80 valence electrons. The summed E-state index contributed by atoms with van der Waals surface area (Å²) in [6.07, 6.45) is 0. The predicted octanol–water partition coefficient (Wildman–Crippen LogP) is 1.82. The number of esters is 1. The minimum atomic E-state index is -0.728. The van der Waals surface area contributed by atoms with Crippen molar-refractivity contribution >= 4 is 23.4 Å². The Hall–Kier alpha value is -1.69. The van der Waals surface area contributed by atoms with E-state index in [1.807, 2.05) is 0 Å². The largest absolute Gasteiger partial charge is 0.462 e. The second-order valence-electron chi connectivity index (χ2n) is 2.51. The first-order valence-corrected chi connectivity index (χ1v) is 4.41. The summed E-state index contributed by atoms with van der Waals surface area (Å²) in [6.45, 7) is 1.82. The number of hydrogen-bond acceptors (Lipinski definition) is 5. The molecule has 6 nitrogen and oxygen atoms in total. The average Bonchev–Trinajstić information content (AvgIpc) is 2.17. The smallest absolute Gasteiger partial charge is 0.365 e. The van der Waals surface area contributed by atoms with Gasteiger partial charge in [-0.1, -0.05) is 0 Å². The van der Waals surface area contributed by atoms with Gasteiger partial charge in [-0.2, -0.15) is 0 Å². The van der Waals surface area contributed by atoms with E-state index in [1.165, 1.54) is 6.07 Å². The van der Waals surface area contributed by atoms with Gasteiger partial charge in [0.15, 0.2) is 0 Å². The first-order valence-electron chi connectivity index (χ1n) is 4.03. The highest BCUT2D eigenvalue weighted by molar-refractivity contribution is 6.29. The zero-order valence-electron chi connectivity index (χ0n) is 7.77. The van der Waals surface area contributed by atoms with Crippen LogP contribution in [0.15, 0.2) is 12.1 Å². The summed E-state index contributed by atoms with van der Waals surface area (Å²) in [5, 5.41) is 10.3. The number of carbonyl (C=O) groups is 1. The molecule has 1 heterocycles. The van der Waals surface area contributed by atoms with Crippen LogP contribution in [0.5, 0.6) is 0 Å². The summed E-state index contributed by atoms with van der Waals surface area (Å²) in [5.74, 6) is -1.14. The van der Waals surface area contributed by atoms with E-state index >= 15 is 0 Å². The second kappa shape index (κ2) is 4.70. The molecule has 0 saturated heterocycles. The minimum absolute atomic E-state index is 0.0172. The third-order valence-corrected chi connectivity index (χ3v) is 1.67. The maximum atomic E-state index is 11.2. The Labute approximate surface area is 90.0 Å². The van der Waals surface area contributed by atoms with Gasteiger partial charge in [-0.05, 0) is 28.4 Å². The molecular weight excluding hydrogens is 224 g/mol. The summed E-state index contributed by atoms with van der Waals surface area (Å²) >= 11 is 5.51. The molecule has 0 atom stereocenters. The molecule has 0 aliphatic carbocycles. The maximum absolute atomic E-state index is 11.2. The molecule has 0 bridgehead atoms. The Balaban J connectivity index is 3.09. The molecular formula is C8H7ClN2O4. The number of ether oxygens (including phenoxy) is 1. The van der Waals surface area contributed by atoms with Crippen LogP contribution in [0.4, 0.5) is 5.82 Å². The van der Waals surface area contributed by atoms with Crippen LogP contribution in [0.1, 0.15) is 17.3 Å². The molecule has 0 fully saturated rings. The van der Waals surface area contributed by atoms with E-state index in [1.54, 1.807) is 6.92 Å². The van der Waals surface area contributed by atoms with Crippen molar-refractivity contribution in [2.75, 3.05) is 6.61 Å². The molecule has 1 aromatic heterocycles. The predicted molar refractivity (Wildman–Crippen MR) is 51.9 cm³/mol. The lowest BCUT2D eigenvalue weighted by Crippen LogP contribution is -2.06. The SMILES string of the molecule is CCOC(=O)c1cc(Cl)nc([N+](=O)[O-])c1. The highest BCUT2D eigenvalue weighted by Gasteiger charge is 2.16. The molecule has 1 aromatic rings. The number of pyridine rings is 1. The van der Waals surface area contributed by atoms with Crippen molar-refractivity contribution in [3.05, 3.63) is 33.0 Å². The zero-order chi connectivity index (χ0) is 11.4. The number of rotatable bonds is 3. The monoisotopic (exact) mass is 230 g/mol. The normalized spacial score (nSPS) is 9.73. The quantitative estimate of drug-likeness (QED) is 0.342. The Morgan fingerprint density at radius 3 is 2.87 bits per heavy atom. The molecule has 0 radical (unpaired) electrons. The van der Waals surface area contributed by atoms with Gasteiger partial charge in [-0.3, -0.25) is 0 Å². The van der Waals surface area contributed by atoms with Gasteiger partial charge in [0.2, 0.25) is 5.15 Å². The number of carbonyl (C=O) groups excluding carboxylic acids is 1. The fourth-order valence-corrected chi connectivity index (χ4v) is 1.11. The van der Waals surface area contributed by atoms with Crippen LogP contribution >= 0.6 is 11.6 Å². The van der Waals surface area contributed by atoms with Gasteiger partial charge in [0.1, 0.15) is 0 Å². The Bertz CT molecular complexity index is 408. The van der Waals surface area contributed by atoms with E-state index in [9.17, 15) is 14.9 Å². The molecule has 0 spiro atoms. The van der Waals surface area contributed by atoms with Gasteiger partial charge in [-0.25, -0.2) is 4.79 Å². The van der Waals surface area contributed by atoms with Crippen LogP contribution in [0, 0.1) is 10.1 Å².